The summed E-state index contributed by atoms with van der Waals surface area (Å²) >= 11 is 9.89. The summed E-state index contributed by atoms with van der Waals surface area (Å²) in [6.07, 6.45) is 0. The van der Waals surface area contributed by atoms with Crippen molar-refractivity contribution in [2.75, 3.05) is 0 Å². The molecule has 0 fully saturated rings. The smallest absolute Gasteiger partial charge is 0.183 e. The van der Waals surface area contributed by atoms with Crippen LogP contribution in [0.5, 0.6) is 0 Å². The Bertz CT molecular complexity index is 1240. The van der Waals surface area contributed by atoms with Crippen molar-refractivity contribution in [3.05, 3.63) is 135 Å². The molecule has 4 nitrogen and oxygen atoms in total. The van der Waals surface area contributed by atoms with Gasteiger partial charge in [0.15, 0.2) is 5.82 Å². The molecule has 5 rings (SSSR count). The normalized spacial score (nSPS) is 11.4. The quantitative estimate of drug-likeness (QED) is 0.255. The minimum Gasteiger partial charge on any atom is -0.206 e. The molecule has 4 aromatic carbocycles. The average Bonchev–Trinajstić information content (AvgIpc) is 3.34. The first-order valence-corrected chi connectivity index (χ1v) is 11.3. The zero-order valence-corrected chi connectivity index (χ0v) is 19.3. The molecule has 1 heterocycles. The van der Waals surface area contributed by atoms with E-state index >= 15 is 0 Å². The topological polar surface area (TPSA) is 43.6 Å². The molecule has 5 aromatic rings. The lowest BCUT2D eigenvalue weighted by Gasteiger charge is -2.36. The summed E-state index contributed by atoms with van der Waals surface area (Å²) in [6, 6.07) is 36.7. The van der Waals surface area contributed by atoms with E-state index in [0.717, 1.165) is 26.7 Å². The van der Waals surface area contributed by atoms with E-state index in [1.54, 1.807) is 0 Å². The van der Waals surface area contributed by atoms with E-state index in [9.17, 15) is 0 Å². The Hall–Kier alpha value is -3.28. The minimum atomic E-state index is -0.790. The lowest BCUT2D eigenvalue weighted by atomic mass is 9.77. The van der Waals surface area contributed by atoms with Crippen LogP contribution in [0, 0.1) is 0 Å². The molecule has 0 N–H and O–H groups in total. The number of hydrogen-bond acceptors (Lipinski definition) is 3. The Morgan fingerprint density at radius 1 is 0.688 bits per heavy atom. The van der Waals surface area contributed by atoms with E-state index in [-0.39, 0.29) is 0 Å². The molecule has 0 aliphatic carbocycles. The van der Waals surface area contributed by atoms with Gasteiger partial charge in [0.1, 0.15) is 5.54 Å². The Labute approximate surface area is 199 Å². The summed E-state index contributed by atoms with van der Waals surface area (Å²) in [7, 11) is 0. The van der Waals surface area contributed by atoms with Crippen LogP contribution in [0.1, 0.15) is 16.7 Å². The fraction of sp³-hybridized carbons (Fsp3) is 0.0385. The molecule has 6 heteroatoms. The molecule has 0 unspecified atom stereocenters. The van der Waals surface area contributed by atoms with Crippen molar-refractivity contribution in [1.29, 1.82) is 0 Å². The van der Waals surface area contributed by atoms with Gasteiger partial charge >= 0.3 is 0 Å². The third-order valence-corrected chi connectivity index (χ3v) is 6.77. The van der Waals surface area contributed by atoms with Crippen LogP contribution in [0.2, 0.25) is 5.02 Å². The van der Waals surface area contributed by atoms with E-state index in [0.29, 0.717) is 10.8 Å². The summed E-state index contributed by atoms with van der Waals surface area (Å²) in [5.74, 6) is 0.621. The summed E-state index contributed by atoms with van der Waals surface area (Å²) in [5.41, 5.74) is 3.19. The van der Waals surface area contributed by atoms with Gasteiger partial charge in [0, 0.05) is 10.0 Å². The van der Waals surface area contributed by atoms with E-state index < -0.39 is 5.54 Å². The molecule has 0 atom stereocenters. The van der Waals surface area contributed by atoms with Gasteiger partial charge in [0.05, 0.1) is 5.02 Å². The number of hydrogen-bond donors (Lipinski definition) is 0. The van der Waals surface area contributed by atoms with Crippen LogP contribution < -0.4 is 0 Å². The molecule has 32 heavy (non-hydrogen) atoms. The molecule has 0 aliphatic rings. The first kappa shape index (κ1) is 20.6. The van der Waals surface area contributed by atoms with Crippen LogP contribution >= 0.6 is 27.5 Å². The highest BCUT2D eigenvalue weighted by molar-refractivity contribution is 9.10. The van der Waals surface area contributed by atoms with Gasteiger partial charge in [-0.25, -0.2) is 4.68 Å². The summed E-state index contributed by atoms with van der Waals surface area (Å²) in [5, 5.41) is 13.7. The van der Waals surface area contributed by atoms with Crippen LogP contribution in [0.15, 0.2) is 114 Å². The lowest BCUT2D eigenvalue weighted by molar-refractivity contribution is 0.451. The average molecular weight is 502 g/mol. The Morgan fingerprint density at radius 2 is 1.19 bits per heavy atom. The van der Waals surface area contributed by atoms with Gasteiger partial charge in [-0.2, -0.15) is 0 Å². The molecule has 0 radical (unpaired) electrons. The van der Waals surface area contributed by atoms with Gasteiger partial charge < -0.3 is 0 Å². The van der Waals surface area contributed by atoms with E-state index in [4.69, 9.17) is 11.6 Å². The SMILES string of the molecule is Clc1cc(-c2nnnn2C(c2ccccc2)(c2ccccc2)c2ccccc2)ccc1Br. The van der Waals surface area contributed by atoms with E-state index in [1.807, 2.05) is 77.5 Å². The predicted octanol–water partition coefficient (Wildman–Crippen LogP) is 6.60. The van der Waals surface area contributed by atoms with Gasteiger partial charge in [0.25, 0.3) is 0 Å². The molecule has 0 amide bonds. The number of aromatic nitrogens is 4. The van der Waals surface area contributed by atoms with Crippen LogP contribution in [-0.4, -0.2) is 20.2 Å². The van der Waals surface area contributed by atoms with Gasteiger partial charge in [0.2, 0.25) is 0 Å². The van der Waals surface area contributed by atoms with Gasteiger partial charge in [-0.05, 0) is 61.2 Å². The van der Waals surface area contributed by atoms with E-state index in [1.165, 1.54) is 0 Å². The fourth-order valence-corrected chi connectivity index (χ4v) is 4.56. The van der Waals surface area contributed by atoms with Crippen molar-refractivity contribution in [2.45, 2.75) is 5.54 Å². The predicted molar refractivity (Wildman–Crippen MR) is 131 cm³/mol. The first-order chi connectivity index (χ1) is 15.7. The maximum absolute atomic E-state index is 6.42. The molecule has 0 bridgehead atoms. The highest BCUT2D eigenvalue weighted by Crippen LogP contribution is 2.42. The first-order valence-electron chi connectivity index (χ1n) is 10.1. The molecule has 0 spiro atoms. The Morgan fingerprint density at radius 3 is 1.66 bits per heavy atom. The van der Waals surface area contributed by atoms with Crippen LogP contribution in [0.4, 0.5) is 0 Å². The molecular weight excluding hydrogens is 484 g/mol. The van der Waals surface area contributed by atoms with Crippen molar-refractivity contribution in [1.82, 2.24) is 20.2 Å². The van der Waals surface area contributed by atoms with Crippen molar-refractivity contribution >= 4 is 27.5 Å². The highest BCUT2D eigenvalue weighted by Gasteiger charge is 2.41. The number of tetrazole rings is 1. The third kappa shape index (κ3) is 3.44. The van der Waals surface area contributed by atoms with Crippen LogP contribution in [0.3, 0.4) is 0 Å². The standard InChI is InChI=1S/C26H18BrClN4/c27-23-17-16-19(18-24(23)28)25-29-30-31-32(25)26(20-10-4-1-5-11-20,21-12-6-2-7-13-21)22-14-8-3-9-15-22/h1-18H. The molecule has 0 saturated heterocycles. The van der Waals surface area contributed by atoms with Crippen molar-refractivity contribution < 1.29 is 0 Å². The largest absolute Gasteiger partial charge is 0.206 e. The lowest BCUT2D eigenvalue weighted by Crippen LogP contribution is -2.39. The highest BCUT2D eigenvalue weighted by atomic mass is 79.9. The van der Waals surface area contributed by atoms with E-state index in [2.05, 4.69) is 67.9 Å². The molecular formula is C26H18BrClN4. The number of rotatable bonds is 5. The molecule has 156 valence electrons. The van der Waals surface area contributed by atoms with Crippen LogP contribution in [0.25, 0.3) is 11.4 Å². The van der Waals surface area contributed by atoms with Crippen molar-refractivity contribution in [3.63, 3.8) is 0 Å². The summed E-state index contributed by atoms with van der Waals surface area (Å²) < 4.78 is 2.72. The van der Waals surface area contributed by atoms with Crippen molar-refractivity contribution in [3.8, 4) is 11.4 Å². The Kier molecular flexibility index (Phi) is 5.60. The number of halogens is 2. The van der Waals surface area contributed by atoms with Crippen LogP contribution in [-0.2, 0) is 5.54 Å². The third-order valence-electron chi connectivity index (χ3n) is 5.54. The maximum atomic E-state index is 6.42. The zero-order valence-electron chi connectivity index (χ0n) is 16.9. The second-order valence-electron chi connectivity index (χ2n) is 7.35. The molecule has 1 aromatic heterocycles. The zero-order chi connectivity index (χ0) is 22.0. The fourth-order valence-electron chi connectivity index (χ4n) is 4.13. The van der Waals surface area contributed by atoms with Gasteiger partial charge in [-0.15, -0.1) is 5.10 Å². The van der Waals surface area contributed by atoms with Gasteiger partial charge in [-0.3, -0.25) is 0 Å². The summed E-state index contributed by atoms with van der Waals surface area (Å²) in [6.45, 7) is 0. The number of benzene rings is 4. The minimum absolute atomic E-state index is 0.599. The second kappa shape index (κ2) is 8.69. The van der Waals surface area contributed by atoms with Gasteiger partial charge in [-0.1, -0.05) is 103 Å². The Balaban J connectivity index is 1.89. The monoisotopic (exact) mass is 500 g/mol. The second-order valence-corrected chi connectivity index (χ2v) is 8.61. The van der Waals surface area contributed by atoms with Crippen molar-refractivity contribution in [2.24, 2.45) is 0 Å². The summed E-state index contributed by atoms with van der Waals surface area (Å²) in [4.78, 5) is 0. The number of nitrogens with zero attached hydrogens (tertiary/aromatic N) is 4. The molecule has 0 aliphatic heterocycles. The maximum Gasteiger partial charge on any atom is 0.183 e. The molecule has 0 saturated carbocycles.